The summed E-state index contributed by atoms with van der Waals surface area (Å²) >= 11 is 0. The second-order valence-electron chi connectivity index (χ2n) is 11.1. The highest BCUT2D eigenvalue weighted by Crippen LogP contribution is 2.29. The molecule has 0 spiro atoms. The minimum atomic E-state index is -3.20. The van der Waals surface area contributed by atoms with E-state index in [0.29, 0.717) is 0 Å². The molecule has 1 heterocycles. The molecule has 1 aromatic carbocycles. The quantitative estimate of drug-likeness (QED) is 0.301. The fraction of sp³-hybridized carbons (Fsp3) is 0.630. The molecule has 12 heteroatoms. The van der Waals surface area contributed by atoms with Gasteiger partial charge in [-0.3, -0.25) is 14.4 Å². The third kappa shape index (κ3) is 11.3. The highest BCUT2D eigenvalue weighted by molar-refractivity contribution is 5.98. The molecule has 1 aliphatic rings. The number of amides is 3. The Bertz CT molecular complexity index is 995. The van der Waals surface area contributed by atoms with Crippen molar-refractivity contribution in [2.45, 2.75) is 90.3 Å². The van der Waals surface area contributed by atoms with E-state index in [2.05, 4.69) is 20.7 Å². The van der Waals surface area contributed by atoms with Crippen LogP contribution in [0.5, 0.6) is 0 Å². The van der Waals surface area contributed by atoms with E-state index in [1.54, 1.807) is 58.0 Å². The number of benzene rings is 1. The number of ketones is 1. The number of halogens is 2. The standard InChI is InChI=1S/C27H39F2N3O7/c1-16(2)12-19(32-25(36)39-26(3,4)5)22(34)31-20(14-37-24(28)29)23(35)30-18(21(33)27(6)15-38-27)13-17-10-8-7-9-11-17/h7-11,16,18-20,24H,12-15H2,1-6H3,(H,30,35)(H,31,34)(H,32,36)/t18-,19-,20-,27-/m0/s1. The first-order valence-corrected chi connectivity index (χ1v) is 12.8. The van der Waals surface area contributed by atoms with Crippen LogP contribution in [0, 0.1) is 5.92 Å². The molecule has 3 amide bonds. The Morgan fingerprint density at radius 2 is 1.54 bits per heavy atom. The van der Waals surface area contributed by atoms with Crippen LogP contribution in [0.1, 0.15) is 53.5 Å². The summed E-state index contributed by atoms with van der Waals surface area (Å²) in [5.41, 5.74) is -1.13. The van der Waals surface area contributed by atoms with Gasteiger partial charge in [0.25, 0.3) is 0 Å². The van der Waals surface area contributed by atoms with Gasteiger partial charge in [-0.15, -0.1) is 0 Å². The van der Waals surface area contributed by atoms with Crippen LogP contribution >= 0.6 is 0 Å². The number of ether oxygens (including phenoxy) is 3. The van der Waals surface area contributed by atoms with E-state index in [0.717, 1.165) is 5.56 Å². The van der Waals surface area contributed by atoms with Crippen LogP contribution in [-0.4, -0.2) is 72.8 Å². The summed E-state index contributed by atoms with van der Waals surface area (Å²) in [4.78, 5) is 51.8. The molecular weight excluding hydrogens is 516 g/mol. The Labute approximate surface area is 227 Å². The molecule has 2 rings (SSSR count). The van der Waals surface area contributed by atoms with Crippen molar-refractivity contribution in [3.63, 3.8) is 0 Å². The fourth-order valence-electron chi connectivity index (χ4n) is 3.73. The van der Waals surface area contributed by atoms with Gasteiger partial charge in [-0.05, 0) is 52.0 Å². The molecule has 0 aromatic heterocycles. The molecule has 1 aromatic rings. The van der Waals surface area contributed by atoms with Crippen LogP contribution in [0.4, 0.5) is 13.6 Å². The molecular formula is C27H39F2N3O7. The van der Waals surface area contributed by atoms with Crippen LogP contribution in [0.25, 0.3) is 0 Å². The molecule has 0 unspecified atom stereocenters. The van der Waals surface area contributed by atoms with Gasteiger partial charge >= 0.3 is 12.7 Å². The molecule has 3 N–H and O–H groups in total. The maximum absolute atomic E-state index is 13.2. The zero-order valence-corrected chi connectivity index (χ0v) is 23.2. The fourth-order valence-corrected chi connectivity index (χ4v) is 3.73. The lowest BCUT2D eigenvalue weighted by Gasteiger charge is -2.27. The van der Waals surface area contributed by atoms with Crippen molar-refractivity contribution in [1.29, 1.82) is 0 Å². The molecule has 0 aliphatic carbocycles. The maximum Gasteiger partial charge on any atom is 0.408 e. The van der Waals surface area contributed by atoms with Crippen LogP contribution < -0.4 is 16.0 Å². The number of alkyl carbamates (subject to hydrolysis) is 1. The number of hydrogen-bond donors (Lipinski definition) is 3. The molecule has 1 fully saturated rings. The lowest BCUT2D eigenvalue weighted by Crippen LogP contribution is -2.58. The number of nitrogens with one attached hydrogen (secondary N) is 3. The Morgan fingerprint density at radius 1 is 0.974 bits per heavy atom. The summed E-state index contributed by atoms with van der Waals surface area (Å²) in [5.74, 6) is -2.13. The number of hydrogen-bond acceptors (Lipinski definition) is 7. The Hall–Kier alpha value is -3.12. The van der Waals surface area contributed by atoms with Crippen molar-refractivity contribution in [3.05, 3.63) is 35.9 Å². The number of Topliss-reactive ketones (excluding diaryl/α,β-unsaturated/α-hetero) is 1. The Kier molecular flexibility index (Phi) is 11.3. The highest BCUT2D eigenvalue weighted by Gasteiger charge is 2.50. The van der Waals surface area contributed by atoms with Crippen LogP contribution in [0.2, 0.25) is 0 Å². The maximum atomic E-state index is 13.2. The SMILES string of the molecule is CC(C)C[C@H](NC(=O)OC(C)(C)C)C(=O)N[C@@H](COC(F)F)C(=O)N[C@@H](Cc1ccccc1)C(=O)[C@]1(C)CO1. The van der Waals surface area contributed by atoms with Gasteiger partial charge < -0.3 is 30.2 Å². The molecule has 1 saturated heterocycles. The molecule has 0 saturated carbocycles. The normalized spacial score (nSPS) is 19.1. The predicted octanol–water partition coefficient (Wildman–Crippen LogP) is 2.74. The van der Waals surface area contributed by atoms with Crippen LogP contribution in [0.3, 0.4) is 0 Å². The van der Waals surface area contributed by atoms with E-state index in [4.69, 9.17) is 9.47 Å². The molecule has 218 valence electrons. The second-order valence-corrected chi connectivity index (χ2v) is 11.1. The number of carbonyl (C=O) groups excluding carboxylic acids is 4. The first kappa shape index (κ1) is 32.1. The lowest BCUT2D eigenvalue weighted by atomic mass is 9.94. The molecule has 4 atom stereocenters. The largest absolute Gasteiger partial charge is 0.444 e. The number of alkyl halides is 2. The van der Waals surface area contributed by atoms with Gasteiger partial charge in [-0.25, -0.2) is 4.79 Å². The highest BCUT2D eigenvalue weighted by atomic mass is 19.3. The zero-order chi connectivity index (χ0) is 29.4. The molecule has 39 heavy (non-hydrogen) atoms. The van der Waals surface area contributed by atoms with E-state index >= 15 is 0 Å². The minimum Gasteiger partial charge on any atom is -0.444 e. The minimum absolute atomic E-state index is 0.0487. The van der Waals surface area contributed by atoms with Gasteiger partial charge in [0.05, 0.1) is 19.3 Å². The van der Waals surface area contributed by atoms with Gasteiger partial charge in [0.15, 0.2) is 5.78 Å². The summed E-state index contributed by atoms with van der Waals surface area (Å²) in [6, 6.07) is 5.16. The van der Waals surface area contributed by atoms with E-state index in [1.165, 1.54) is 0 Å². The topological polar surface area (TPSA) is 135 Å². The van der Waals surface area contributed by atoms with Crippen molar-refractivity contribution in [2.75, 3.05) is 13.2 Å². The van der Waals surface area contributed by atoms with Gasteiger partial charge in [-0.2, -0.15) is 8.78 Å². The van der Waals surface area contributed by atoms with E-state index in [-0.39, 0.29) is 31.1 Å². The molecule has 0 bridgehead atoms. The monoisotopic (exact) mass is 555 g/mol. The Morgan fingerprint density at radius 3 is 2.05 bits per heavy atom. The van der Waals surface area contributed by atoms with Gasteiger partial charge in [0.2, 0.25) is 11.8 Å². The van der Waals surface area contributed by atoms with Crippen molar-refractivity contribution in [3.8, 4) is 0 Å². The van der Waals surface area contributed by atoms with Crippen molar-refractivity contribution in [2.24, 2.45) is 5.92 Å². The first-order valence-electron chi connectivity index (χ1n) is 12.8. The Balaban J connectivity index is 2.21. The summed E-state index contributed by atoms with van der Waals surface area (Å²) < 4.78 is 40.6. The van der Waals surface area contributed by atoms with Crippen molar-refractivity contribution in [1.82, 2.24) is 16.0 Å². The van der Waals surface area contributed by atoms with Crippen molar-refractivity contribution < 1.29 is 42.2 Å². The average Bonchev–Trinajstić information content (AvgIpc) is 3.57. The van der Waals surface area contributed by atoms with Crippen LogP contribution in [0.15, 0.2) is 30.3 Å². The average molecular weight is 556 g/mol. The third-order valence-electron chi connectivity index (χ3n) is 5.75. The summed E-state index contributed by atoms with van der Waals surface area (Å²) in [7, 11) is 0. The molecule has 1 aliphatic heterocycles. The summed E-state index contributed by atoms with van der Waals surface area (Å²) in [6.07, 6.45) is -0.545. The van der Waals surface area contributed by atoms with Gasteiger partial charge in [-0.1, -0.05) is 44.2 Å². The van der Waals surface area contributed by atoms with Gasteiger partial charge in [0, 0.05) is 0 Å². The van der Waals surface area contributed by atoms with Gasteiger partial charge in [0.1, 0.15) is 23.3 Å². The zero-order valence-electron chi connectivity index (χ0n) is 23.2. The van der Waals surface area contributed by atoms with E-state index < -0.39 is 60.5 Å². The number of carbonyl (C=O) groups is 4. The summed E-state index contributed by atoms with van der Waals surface area (Å²) in [5, 5.41) is 7.43. The van der Waals surface area contributed by atoms with E-state index in [9.17, 15) is 28.0 Å². The lowest BCUT2D eigenvalue weighted by molar-refractivity contribution is -0.148. The number of rotatable bonds is 14. The molecule has 0 radical (unpaired) electrons. The second kappa shape index (κ2) is 13.8. The first-order chi connectivity index (χ1) is 18.1. The molecule has 10 nitrogen and oxygen atoms in total. The predicted molar refractivity (Wildman–Crippen MR) is 138 cm³/mol. The smallest absolute Gasteiger partial charge is 0.408 e. The van der Waals surface area contributed by atoms with Crippen LogP contribution in [-0.2, 0) is 35.0 Å². The van der Waals surface area contributed by atoms with E-state index in [1.807, 2.05) is 13.8 Å². The van der Waals surface area contributed by atoms with Crippen molar-refractivity contribution >= 4 is 23.7 Å². The third-order valence-corrected chi connectivity index (χ3v) is 5.75. The summed E-state index contributed by atoms with van der Waals surface area (Å²) in [6.45, 7) is 6.33. The number of epoxide rings is 1.